The molecule has 0 bridgehead atoms. The number of amides is 2. The molecule has 2 unspecified atom stereocenters. The maximum atomic E-state index is 13.7. The highest BCUT2D eigenvalue weighted by Crippen LogP contribution is 2.25. The Morgan fingerprint density at radius 1 is 0.923 bits per heavy atom. The maximum Gasteiger partial charge on any atom is 0.243 e. The van der Waals surface area contributed by atoms with Crippen molar-refractivity contribution in [2.45, 2.75) is 58.2 Å². The van der Waals surface area contributed by atoms with E-state index in [1.807, 2.05) is 74.5 Å². The van der Waals surface area contributed by atoms with E-state index in [0.29, 0.717) is 35.2 Å². The maximum absolute atomic E-state index is 13.7. The highest BCUT2D eigenvalue weighted by molar-refractivity contribution is 6.42. The molecule has 0 fully saturated rings. The number of ether oxygens (including phenoxy) is 2. The molecule has 0 radical (unpaired) electrons. The summed E-state index contributed by atoms with van der Waals surface area (Å²) in [7, 11) is 1.61. The lowest BCUT2D eigenvalue weighted by molar-refractivity contribution is -0.141. The molecule has 208 valence electrons. The van der Waals surface area contributed by atoms with Crippen LogP contribution < -0.4 is 14.8 Å². The summed E-state index contributed by atoms with van der Waals surface area (Å²) in [5.41, 5.74) is 1.76. The lowest BCUT2D eigenvalue weighted by atomic mass is 10.0. The number of hydrogen-bond acceptors (Lipinski definition) is 4. The van der Waals surface area contributed by atoms with Gasteiger partial charge in [-0.15, -0.1) is 0 Å². The number of nitrogens with one attached hydrogen (secondary N) is 1. The van der Waals surface area contributed by atoms with Crippen LogP contribution in [-0.4, -0.2) is 42.5 Å². The number of methoxy groups -OCH3 is 1. The van der Waals surface area contributed by atoms with Crippen LogP contribution in [0.3, 0.4) is 0 Å². The fourth-order valence-electron chi connectivity index (χ4n) is 4.06. The highest BCUT2D eigenvalue weighted by Gasteiger charge is 2.30. The number of nitrogens with zero attached hydrogens (tertiary/aromatic N) is 1. The summed E-state index contributed by atoms with van der Waals surface area (Å²) in [4.78, 5) is 28.9. The second-order valence-electron chi connectivity index (χ2n) is 9.42. The third kappa shape index (κ3) is 9.48. The van der Waals surface area contributed by atoms with Gasteiger partial charge in [-0.1, -0.05) is 66.5 Å². The molecule has 6 nitrogen and oxygen atoms in total. The molecule has 0 saturated carbocycles. The number of rotatable bonds is 14. The van der Waals surface area contributed by atoms with Crippen LogP contribution in [0.15, 0.2) is 72.8 Å². The van der Waals surface area contributed by atoms with Gasteiger partial charge in [0.15, 0.2) is 0 Å². The van der Waals surface area contributed by atoms with Crippen LogP contribution in [-0.2, 0) is 22.6 Å². The monoisotopic (exact) mass is 570 g/mol. The van der Waals surface area contributed by atoms with Gasteiger partial charge in [0.25, 0.3) is 0 Å². The van der Waals surface area contributed by atoms with Crippen molar-refractivity contribution in [2.75, 3.05) is 13.7 Å². The Hall–Kier alpha value is -3.22. The standard InChI is InChI=1S/C31H36Cl2N2O4/c1-4-22(2)34-31(37)29(20-23-9-6-5-7-10-23)35(21-24-12-17-27(32)28(33)19-24)30(36)11-8-18-39-26-15-13-25(38-3)14-16-26/h5-7,9-10,12-17,19,22,29H,4,8,11,18,20-21H2,1-3H3,(H,34,37). The third-order valence-electron chi connectivity index (χ3n) is 6.47. The van der Waals surface area contributed by atoms with Gasteiger partial charge in [0.2, 0.25) is 11.8 Å². The van der Waals surface area contributed by atoms with Crippen molar-refractivity contribution in [3.8, 4) is 11.5 Å². The normalized spacial score (nSPS) is 12.3. The van der Waals surface area contributed by atoms with E-state index >= 15 is 0 Å². The Labute approximate surface area is 241 Å². The topological polar surface area (TPSA) is 67.9 Å². The van der Waals surface area contributed by atoms with Crippen molar-refractivity contribution >= 4 is 35.0 Å². The van der Waals surface area contributed by atoms with Gasteiger partial charge in [0.1, 0.15) is 17.5 Å². The van der Waals surface area contributed by atoms with Gasteiger partial charge in [0, 0.05) is 25.4 Å². The molecule has 3 aromatic carbocycles. The molecule has 1 N–H and O–H groups in total. The lowest BCUT2D eigenvalue weighted by Gasteiger charge is -2.32. The van der Waals surface area contributed by atoms with Crippen LogP contribution in [0.1, 0.15) is 44.2 Å². The van der Waals surface area contributed by atoms with Crippen molar-refractivity contribution in [3.05, 3.63) is 94.0 Å². The minimum Gasteiger partial charge on any atom is -0.497 e. The van der Waals surface area contributed by atoms with E-state index in [2.05, 4.69) is 5.32 Å². The van der Waals surface area contributed by atoms with Crippen molar-refractivity contribution in [1.29, 1.82) is 0 Å². The molecular formula is C31H36Cl2N2O4. The molecule has 3 rings (SSSR count). The van der Waals surface area contributed by atoms with E-state index in [1.165, 1.54) is 0 Å². The average molecular weight is 572 g/mol. The molecule has 2 atom stereocenters. The van der Waals surface area contributed by atoms with Crippen molar-refractivity contribution in [3.63, 3.8) is 0 Å². The Morgan fingerprint density at radius 3 is 2.26 bits per heavy atom. The quantitative estimate of drug-likeness (QED) is 0.218. The van der Waals surface area contributed by atoms with Crippen LogP contribution in [0.2, 0.25) is 10.0 Å². The van der Waals surface area contributed by atoms with Crippen LogP contribution in [0, 0.1) is 0 Å². The zero-order chi connectivity index (χ0) is 28.2. The Balaban J connectivity index is 1.80. The number of hydrogen-bond donors (Lipinski definition) is 1. The van der Waals surface area contributed by atoms with E-state index in [4.69, 9.17) is 32.7 Å². The van der Waals surface area contributed by atoms with Crippen LogP contribution in [0.4, 0.5) is 0 Å². The molecule has 8 heteroatoms. The molecule has 0 aliphatic rings. The van der Waals surface area contributed by atoms with E-state index in [-0.39, 0.29) is 30.8 Å². The van der Waals surface area contributed by atoms with E-state index in [1.54, 1.807) is 24.1 Å². The van der Waals surface area contributed by atoms with Gasteiger partial charge in [-0.3, -0.25) is 9.59 Å². The Bertz CT molecular complexity index is 1200. The summed E-state index contributed by atoms with van der Waals surface area (Å²) >= 11 is 12.4. The summed E-state index contributed by atoms with van der Waals surface area (Å²) in [5.74, 6) is 1.12. The van der Waals surface area contributed by atoms with Gasteiger partial charge >= 0.3 is 0 Å². The second-order valence-corrected chi connectivity index (χ2v) is 10.2. The third-order valence-corrected chi connectivity index (χ3v) is 7.21. The molecule has 0 aliphatic heterocycles. The minimum absolute atomic E-state index is 0.0180. The van der Waals surface area contributed by atoms with Crippen molar-refractivity contribution in [2.24, 2.45) is 0 Å². The van der Waals surface area contributed by atoms with Crippen LogP contribution in [0.25, 0.3) is 0 Å². The fraction of sp³-hybridized carbons (Fsp3) is 0.355. The van der Waals surface area contributed by atoms with Gasteiger partial charge in [0.05, 0.1) is 23.8 Å². The second kappa shape index (κ2) is 15.4. The molecule has 39 heavy (non-hydrogen) atoms. The van der Waals surface area contributed by atoms with Gasteiger partial charge in [-0.25, -0.2) is 0 Å². The van der Waals surface area contributed by atoms with E-state index < -0.39 is 6.04 Å². The van der Waals surface area contributed by atoms with Crippen LogP contribution >= 0.6 is 23.2 Å². The number of benzene rings is 3. The SMILES string of the molecule is CCC(C)NC(=O)C(Cc1ccccc1)N(Cc1ccc(Cl)c(Cl)c1)C(=O)CCCOc1ccc(OC)cc1. The zero-order valence-electron chi connectivity index (χ0n) is 22.7. The van der Waals surface area contributed by atoms with Crippen molar-refractivity contribution < 1.29 is 19.1 Å². The summed E-state index contributed by atoms with van der Waals surface area (Å²) in [5, 5.41) is 3.91. The van der Waals surface area contributed by atoms with E-state index in [9.17, 15) is 9.59 Å². The molecule has 0 saturated heterocycles. The molecule has 0 heterocycles. The molecule has 2 amide bonds. The lowest BCUT2D eigenvalue weighted by Crippen LogP contribution is -2.52. The first-order valence-corrected chi connectivity index (χ1v) is 13.9. The van der Waals surface area contributed by atoms with Gasteiger partial charge < -0.3 is 19.7 Å². The Morgan fingerprint density at radius 2 is 1.62 bits per heavy atom. The van der Waals surface area contributed by atoms with Gasteiger partial charge in [-0.2, -0.15) is 0 Å². The molecular weight excluding hydrogens is 535 g/mol. The predicted octanol–water partition coefficient (Wildman–Crippen LogP) is 6.72. The first-order valence-electron chi connectivity index (χ1n) is 13.1. The minimum atomic E-state index is -0.703. The highest BCUT2D eigenvalue weighted by atomic mass is 35.5. The number of carbonyl (C=O) groups is 2. The molecule has 0 spiro atoms. The number of carbonyl (C=O) groups excluding carboxylic acids is 2. The average Bonchev–Trinajstić information content (AvgIpc) is 2.95. The molecule has 0 aromatic heterocycles. The smallest absolute Gasteiger partial charge is 0.243 e. The van der Waals surface area contributed by atoms with E-state index in [0.717, 1.165) is 23.3 Å². The number of halogens is 2. The van der Waals surface area contributed by atoms with Crippen LogP contribution in [0.5, 0.6) is 11.5 Å². The fourth-order valence-corrected chi connectivity index (χ4v) is 4.38. The summed E-state index contributed by atoms with van der Waals surface area (Å²) in [6.45, 7) is 4.55. The predicted molar refractivity (Wildman–Crippen MR) is 157 cm³/mol. The summed E-state index contributed by atoms with van der Waals surface area (Å²) in [6, 6.07) is 21.6. The van der Waals surface area contributed by atoms with Gasteiger partial charge in [-0.05, 0) is 67.3 Å². The molecule has 3 aromatic rings. The summed E-state index contributed by atoms with van der Waals surface area (Å²) in [6.07, 6.45) is 1.89. The van der Waals surface area contributed by atoms with Crippen molar-refractivity contribution in [1.82, 2.24) is 10.2 Å². The zero-order valence-corrected chi connectivity index (χ0v) is 24.2. The first-order chi connectivity index (χ1) is 18.8. The molecule has 0 aliphatic carbocycles. The first kappa shape index (κ1) is 30.3. The largest absolute Gasteiger partial charge is 0.497 e. The Kier molecular flexibility index (Phi) is 12.0. The summed E-state index contributed by atoms with van der Waals surface area (Å²) < 4.78 is 11.0.